The molecule has 0 aliphatic rings. The fourth-order valence-corrected chi connectivity index (χ4v) is 2.75. The fourth-order valence-electron chi connectivity index (χ4n) is 2.55. The summed E-state index contributed by atoms with van der Waals surface area (Å²) in [7, 11) is 1.81. The van der Waals surface area contributed by atoms with Crippen LogP contribution in [0.15, 0.2) is 54.9 Å². The van der Waals surface area contributed by atoms with Gasteiger partial charge in [-0.3, -0.25) is 4.79 Å². The molecule has 1 atom stereocenters. The van der Waals surface area contributed by atoms with E-state index in [9.17, 15) is 4.79 Å². The number of rotatable bonds is 5. The first-order valence-corrected chi connectivity index (χ1v) is 8.26. The summed E-state index contributed by atoms with van der Waals surface area (Å²) in [6.45, 7) is 1.99. The van der Waals surface area contributed by atoms with Gasteiger partial charge in [0.15, 0.2) is 0 Å². The van der Waals surface area contributed by atoms with E-state index in [0.717, 1.165) is 16.8 Å². The molecule has 0 bridgehead atoms. The fraction of sp³-hybridized carbons (Fsp3) is 0.222. The highest BCUT2D eigenvalue weighted by atomic mass is 35.5. The SMILES string of the molecule is CC(c1cccc(Cl)c1)N(C)C(=O)Cc1ccc(-n2cnnn2)cc1. The van der Waals surface area contributed by atoms with Crippen LogP contribution in [0.25, 0.3) is 5.69 Å². The maximum Gasteiger partial charge on any atom is 0.227 e. The maximum atomic E-state index is 12.6. The highest BCUT2D eigenvalue weighted by molar-refractivity contribution is 6.30. The molecule has 0 saturated heterocycles. The van der Waals surface area contributed by atoms with Gasteiger partial charge in [0.25, 0.3) is 0 Å². The van der Waals surface area contributed by atoms with E-state index >= 15 is 0 Å². The van der Waals surface area contributed by atoms with E-state index < -0.39 is 0 Å². The molecular formula is C18H18ClN5O. The average Bonchev–Trinajstić information content (AvgIpc) is 3.15. The van der Waals surface area contributed by atoms with E-state index in [2.05, 4.69) is 15.5 Å². The Bertz CT molecular complexity index is 848. The molecule has 3 aromatic rings. The molecule has 3 rings (SSSR count). The monoisotopic (exact) mass is 355 g/mol. The third kappa shape index (κ3) is 4.03. The molecular weight excluding hydrogens is 338 g/mol. The van der Waals surface area contributed by atoms with Gasteiger partial charge in [-0.25, -0.2) is 4.68 Å². The largest absolute Gasteiger partial charge is 0.339 e. The summed E-state index contributed by atoms with van der Waals surface area (Å²) in [5.41, 5.74) is 2.80. The quantitative estimate of drug-likeness (QED) is 0.705. The van der Waals surface area contributed by atoms with Crippen LogP contribution in [-0.4, -0.2) is 38.1 Å². The number of amides is 1. The van der Waals surface area contributed by atoms with Crippen LogP contribution in [0.1, 0.15) is 24.1 Å². The molecule has 1 heterocycles. The van der Waals surface area contributed by atoms with Gasteiger partial charge in [-0.2, -0.15) is 0 Å². The number of carbonyl (C=O) groups is 1. The third-order valence-corrected chi connectivity index (χ3v) is 4.45. The van der Waals surface area contributed by atoms with Crippen molar-refractivity contribution >= 4 is 17.5 Å². The lowest BCUT2D eigenvalue weighted by atomic mass is 10.1. The summed E-state index contributed by atoms with van der Waals surface area (Å²) in [4.78, 5) is 14.3. The second kappa shape index (κ2) is 7.44. The minimum Gasteiger partial charge on any atom is -0.339 e. The van der Waals surface area contributed by atoms with Gasteiger partial charge in [0, 0.05) is 12.1 Å². The summed E-state index contributed by atoms with van der Waals surface area (Å²) in [5.74, 6) is 0.0441. The zero-order valence-electron chi connectivity index (χ0n) is 14.0. The average molecular weight is 356 g/mol. The lowest BCUT2D eigenvalue weighted by Crippen LogP contribution is -2.30. The van der Waals surface area contributed by atoms with Gasteiger partial charge in [0.1, 0.15) is 6.33 Å². The number of carbonyl (C=O) groups excluding carboxylic acids is 1. The van der Waals surface area contributed by atoms with Crippen molar-refractivity contribution in [2.45, 2.75) is 19.4 Å². The van der Waals surface area contributed by atoms with E-state index in [1.165, 1.54) is 6.33 Å². The van der Waals surface area contributed by atoms with Gasteiger partial charge in [-0.15, -0.1) is 5.10 Å². The number of tetrazole rings is 1. The summed E-state index contributed by atoms with van der Waals surface area (Å²) < 4.78 is 1.57. The van der Waals surface area contributed by atoms with E-state index in [0.29, 0.717) is 11.4 Å². The summed E-state index contributed by atoms with van der Waals surface area (Å²) in [5, 5.41) is 11.7. The summed E-state index contributed by atoms with van der Waals surface area (Å²) in [6.07, 6.45) is 1.86. The molecule has 0 N–H and O–H groups in total. The molecule has 6 nitrogen and oxygen atoms in total. The molecule has 0 saturated carbocycles. The molecule has 0 fully saturated rings. The number of nitrogens with zero attached hydrogens (tertiary/aromatic N) is 5. The zero-order valence-corrected chi connectivity index (χ0v) is 14.8. The lowest BCUT2D eigenvalue weighted by molar-refractivity contribution is -0.131. The van der Waals surface area contributed by atoms with E-state index in [4.69, 9.17) is 11.6 Å². The molecule has 0 spiro atoms. The van der Waals surface area contributed by atoms with Gasteiger partial charge in [-0.1, -0.05) is 35.9 Å². The van der Waals surface area contributed by atoms with Crippen LogP contribution >= 0.6 is 11.6 Å². The van der Waals surface area contributed by atoms with E-state index in [-0.39, 0.29) is 11.9 Å². The molecule has 1 amide bonds. The zero-order chi connectivity index (χ0) is 17.8. The molecule has 128 valence electrons. The van der Waals surface area contributed by atoms with Crippen molar-refractivity contribution in [1.29, 1.82) is 0 Å². The second-order valence-corrected chi connectivity index (χ2v) is 6.27. The number of hydrogen-bond donors (Lipinski definition) is 0. The summed E-state index contributed by atoms with van der Waals surface area (Å²) in [6, 6.07) is 15.1. The number of hydrogen-bond acceptors (Lipinski definition) is 4. The third-order valence-electron chi connectivity index (χ3n) is 4.21. The molecule has 1 unspecified atom stereocenters. The highest BCUT2D eigenvalue weighted by Gasteiger charge is 2.18. The van der Waals surface area contributed by atoms with Gasteiger partial charge in [0.05, 0.1) is 18.2 Å². The Hall–Kier alpha value is -2.73. The number of benzene rings is 2. The van der Waals surface area contributed by atoms with Crippen LogP contribution in [0.2, 0.25) is 5.02 Å². The van der Waals surface area contributed by atoms with Crippen LogP contribution in [-0.2, 0) is 11.2 Å². The Morgan fingerprint density at radius 1 is 1.24 bits per heavy atom. The van der Waals surface area contributed by atoms with Gasteiger partial charge in [-0.05, 0) is 52.7 Å². The first-order valence-electron chi connectivity index (χ1n) is 7.88. The smallest absolute Gasteiger partial charge is 0.227 e. The van der Waals surface area contributed by atoms with Crippen molar-refractivity contribution in [1.82, 2.24) is 25.1 Å². The Morgan fingerprint density at radius 3 is 2.64 bits per heavy atom. The molecule has 0 aliphatic carbocycles. The molecule has 2 aromatic carbocycles. The minimum atomic E-state index is -0.0494. The predicted molar refractivity (Wildman–Crippen MR) is 95.5 cm³/mol. The van der Waals surface area contributed by atoms with Crippen LogP contribution in [0.5, 0.6) is 0 Å². The van der Waals surface area contributed by atoms with E-state index in [1.807, 2.05) is 62.5 Å². The number of aromatic nitrogens is 4. The Kier molecular flexibility index (Phi) is 5.09. The first-order chi connectivity index (χ1) is 12.0. The highest BCUT2D eigenvalue weighted by Crippen LogP contribution is 2.22. The number of likely N-dealkylation sites (N-methyl/N-ethyl adjacent to an activating group) is 1. The molecule has 1 aromatic heterocycles. The Balaban J connectivity index is 1.67. The van der Waals surface area contributed by atoms with E-state index in [1.54, 1.807) is 9.58 Å². The van der Waals surface area contributed by atoms with Crippen molar-refractivity contribution < 1.29 is 4.79 Å². The molecule has 0 aliphatic heterocycles. The van der Waals surface area contributed by atoms with Crippen molar-refractivity contribution in [3.63, 3.8) is 0 Å². The van der Waals surface area contributed by atoms with Crippen LogP contribution in [0, 0.1) is 0 Å². The van der Waals surface area contributed by atoms with Gasteiger partial charge >= 0.3 is 0 Å². The van der Waals surface area contributed by atoms with Crippen molar-refractivity contribution in [2.75, 3.05) is 7.05 Å². The van der Waals surface area contributed by atoms with Crippen LogP contribution in [0.4, 0.5) is 0 Å². The predicted octanol–water partition coefficient (Wildman–Crippen LogP) is 3.08. The Labute approximate surface area is 151 Å². The topological polar surface area (TPSA) is 63.9 Å². The van der Waals surface area contributed by atoms with Gasteiger partial charge in [0.2, 0.25) is 5.91 Å². The molecule has 7 heteroatoms. The van der Waals surface area contributed by atoms with Crippen LogP contribution < -0.4 is 0 Å². The minimum absolute atomic E-state index is 0.0441. The number of halogens is 1. The van der Waals surface area contributed by atoms with Crippen molar-refractivity contribution in [2.24, 2.45) is 0 Å². The lowest BCUT2D eigenvalue weighted by Gasteiger charge is -2.25. The Morgan fingerprint density at radius 2 is 2.00 bits per heavy atom. The second-order valence-electron chi connectivity index (χ2n) is 5.83. The maximum absolute atomic E-state index is 12.6. The van der Waals surface area contributed by atoms with Crippen LogP contribution in [0.3, 0.4) is 0 Å². The summed E-state index contributed by atoms with van der Waals surface area (Å²) >= 11 is 6.04. The van der Waals surface area contributed by atoms with Crippen molar-refractivity contribution in [3.8, 4) is 5.69 Å². The standard InChI is InChI=1S/C18H18ClN5O/c1-13(15-4-3-5-16(19)11-15)23(2)18(25)10-14-6-8-17(9-7-14)24-12-20-21-22-24/h3-9,11-13H,10H2,1-2H3. The van der Waals surface area contributed by atoms with Crippen molar-refractivity contribution in [3.05, 3.63) is 71.0 Å². The first kappa shape index (κ1) is 17.1. The molecule has 0 radical (unpaired) electrons. The normalized spacial score (nSPS) is 12.0. The molecule has 25 heavy (non-hydrogen) atoms. The van der Waals surface area contributed by atoms with Gasteiger partial charge < -0.3 is 4.90 Å².